The number of rotatable bonds is 5. The van der Waals surface area contributed by atoms with Crippen LogP contribution in [0.5, 0.6) is 5.75 Å². The Balaban J connectivity index is 1.82. The van der Waals surface area contributed by atoms with E-state index in [0.717, 1.165) is 23.4 Å². The SMILES string of the molecule is CCOc1ccc(N2C(=O)/C(=C\c3ccc(CC)cc3)NC2=S)cc1. The topological polar surface area (TPSA) is 41.6 Å². The Kier molecular flexibility index (Phi) is 5.14. The van der Waals surface area contributed by atoms with Crippen LogP contribution in [0.3, 0.4) is 0 Å². The van der Waals surface area contributed by atoms with Crippen LogP contribution in [-0.2, 0) is 11.2 Å². The van der Waals surface area contributed by atoms with Crippen LogP contribution in [0, 0.1) is 0 Å². The number of hydrogen-bond donors (Lipinski definition) is 1. The largest absolute Gasteiger partial charge is 0.494 e. The number of hydrogen-bond acceptors (Lipinski definition) is 3. The zero-order chi connectivity index (χ0) is 17.8. The minimum absolute atomic E-state index is 0.159. The minimum atomic E-state index is -0.159. The van der Waals surface area contributed by atoms with Gasteiger partial charge in [0.2, 0.25) is 0 Å². The van der Waals surface area contributed by atoms with Crippen LogP contribution in [0.2, 0.25) is 0 Å². The number of nitrogens with one attached hydrogen (secondary N) is 1. The van der Waals surface area contributed by atoms with E-state index in [2.05, 4.69) is 24.4 Å². The number of aryl methyl sites for hydroxylation is 1. The number of thiocarbonyl (C=S) groups is 1. The summed E-state index contributed by atoms with van der Waals surface area (Å²) >= 11 is 5.34. The first-order valence-electron chi connectivity index (χ1n) is 8.31. The van der Waals surface area contributed by atoms with Crippen molar-refractivity contribution in [3.05, 3.63) is 65.4 Å². The first kappa shape index (κ1) is 17.2. The molecule has 0 radical (unpaired) electrons. The molecule has 1 amide bonds. The first-order chi connectivity index (χ1) is 12.1. The quantitative estimate of drug-likeness (QED) is 0.654. The highest BCUT2D eigenvalue weighted by Gasteiger charge is 2.31. The molecule has 2 aromatic carbocycles. The maximum atomic E-state index is 12.7. The Labute approximate surface area is 153 Å². The molecule has 5 heteroatoms. The van der Waals surface area contributed by atoms with Crippen molar-refractivity contribution >= 4 is 35.0 Å². The molecule has 0 saturated carbocycles. The second-order valence-electron chi connectivity index (χ2n) is 5.65. The van der Waals surface area contributed by atoms with Crippen LogP contribution in [0.15, 0.2) is 54.2 Å². The summed E-state index contributed by atoms with van der Waals surface area (Å²) in [4.78, 5) is 14.2. The molecule has 25 heavy (non-hydrogen) atoms. The lowest BCUT2D eigenvalue weighted by Crippen LogP contribution is -2.30. The lowest BCUT2D eigenvalue weighted by molar-refractivity contribution is -0.113. The summed E-state index contributed by atoms with van der Waals surface area (Å²) in [6.45, 7) is 4.65. The van der Waals surface area contributed by atoms with Crippen LogP contribution in [-0.4, -0.2) is 17.6 Å². The monoisotopic (exact) mass is 352 g/mol. The van der Waals surface area contributed by atoms with E-state index in [0.29, 0.717) is 17.4 Å². The number of carbonyl (C=O) groups is 1. The molecule has 128 valence electrons. The third-order valence-electron chi connectivity index (χ3n) is 3.98. The average Bonchev–Trinajstić information content (AvgIpc) is 2.90. The summed E-state index contributed by atoms with van der Waals surface area (Å²) in [5, 5.41) is 3.39. The Morgan fingerprint density at radius 1 is 1.08 bits per heavy atom. The summed E-state index contributed by atoms with van der Waals surface area (Å²) in [6, 6.07) is 15.5. The smallest absolute Gasteiger partial charge is 0.281 e. The summed E-state index contributed by atoms with van der Waals surface area (Å²) < 4.78 is 5.43. The number of carbonyl (C=O) groups excluding carboxylic acids is 1. The molecule has 1 aliphatic heterocycles. The number of ether oxygens (including phenoxy) is 1. The molecule has 0 aromatic heterocycles. The van der Waals surface area contributed by atoms with E-state index in [4.69, 9.17) is 17.0 Å². The van der Waals surface area contributed by atoms with Gasteiger partial charge in [0.05, 0.1) is 12.3 Å². The van der Waals surface area contributed by atoms with Crippen molar-refractivity contribution in [2.24, 2.45) is 0 Å². The first-order valence-corrected chi connectivity index (χ1v) is 8.72. The highest BCUT2D eigenvalue weighted by molar-refractivity contribution is 7.80. The van der Waals surface area contributed by atoms with Crippen molar-refractivity contribution < 1.29 is 9.53 Å². The third-order valence-corrected chi connectivity index (χ3v) is 4.27. The van der Waals surface area contributed by atoms with Gasteiger partial charge in [0.25, 0.3) is 5.91 Å². The maximum absolute atomic E-state index is 12.7. The van der Waals surface area contributed by atoms with Crippen LogP contribution < -0.4 is 15.0 Å². The van der Waals surface area contributed by atoms with Crippen molar-refractivity contribution in [2.75, 3.05) is 11.5 Å². The maximum Gasteiger partial charge on any atom is 0.281 e. The fraction of sp³-hybridized carbons (Fsp3) is 0.200. The average molecular weight is 352 g/mol. The number of amides is 1. The Hall–Kier alpha value is -2.66. The Morgan fingerprint density at radius 3 is 2.36 bits per heavy atom. The summed E-state index contributed by atoms with van der Waals surface area (Å²) in [5.74, 6) is 0.609. The van der Waals surface area contributed by atoms with Crippen molar-refractivity contribution in [1.29, 1.82) is 0 Å². The van der Waals surface area contributed by atoms with E-state index < -0.39 is 0 Å². The predicted molar refractivity (Wildman–Crippen MR) is 105 cm³/mol. The second-order valence-corrected chi connectivity index (χ2v) is 6.04. The predicted octanol–water partition coefficient (Wildman–Crippen LogP) is 3.91. The van der Waals surface area contributed by atoms with Gasteiger partial charge in [-0.3, -0.25) is 9.69 Å². The fourth-order valence-electron chi connectivity index (χ4n) is 2.64. The van der Waals surface area contributed by atoms with Crippen LogP contribution in [0.1, 0.15) is 25.0 Å². The Bertz CT molecular complexity index is 811. The molecule has 1 saturated heterocycles. The molecule has 4 nitrogen and oxygen atoms in total. The molecule has 0 aliphatic carbocycles. The molecule has 1 fully saturated rings. The van der Waals surface area contributed by atoms with Gasteiger partial charge in [0.15, 0.2) is 5.11 Å². The van der Waals surface area contributed by atoms with Gasteiger partial charge in [-0.25, -0.2) is 0 Å². The molecular formula is C20H20N2O2S. The van der Waals surface area contributed by atoms with Crippen LogP contribution in [0.25, 0.3) is 6.08 Å². The van der Waals surface area contributed by atoms with Gasteiger partial charge >= 0.3 is 0 Å². The van der Waals surface area contributed by atoms with Crippen LogP contribution in [0.4, 0.5) is 5.69 Å². The van der Waals surface area contributed by atoms with E-state index in [-0.39, 0.29) is 5.91 Å². The highest BCUT2D eigenvalue weighted by atomic mass is 32.1. The van der Waals surface area contributed by atoms with Gasteiger partial charge in [0.1, 0.15) is 11.4 Å². The molecule has 1 heterocycles. The summed E-state index contributed by atoms with van der Waals surface area (Å²) in [5.41, 5.74) is 3.42. The molecule has 3 rings (SSSR count). The lowest BCUT2D eigenvalue weighted by atomic mass is 10.1. The van der Waals surface area contributed by atoms with E-state index in [9.17, 15) is 4.79 Å². The normalized spacial score (nSPS) is 15.6. The van der Waals surface area contributed by atoms with Crippen molar-refractivity contribution in [1.82, 2.24) is 5.32 Å². The van der Waals surface area contributed by atoms with Crippen LogP contribution >= 0.6 is 12.2 Å². The van der Waals surface area contributed by atoms with Crippen molar-refractivity contribution in [3.63, 3.8) is 0 Å². The molecule has 0 spiro atoms. The minimum Gasteiger partial charge on any atom is -0.494 e. The molecule has 1 N–H and O–H groups in total. The number of benzene rings is 2. The highest BCUT2D eigenvalue weighted by Crippen LogP contribution is 2.25. The zero-order valence-electron chi connectivity index (χ0n) is 14.3. The molecular weight excluding hydrogens is 332 g/mol. The molecule has 2 aromatic rings. The standard InChI is InChI=1S/C20H20N2O2S/c1-3-14-5-7-15(8-6-14)13-18-19(23)22(20(25)21-18)16-9-11-17(12-10-16)24-4-2/h5-13H,3-4H2,1-2H3,(H,21,25)/b18-13+. The molecule has 0 atom stereocenters. The fourth-order valence-corrected chi connectivity index (χ4v) is 2.94. The third kappa shape index (κ3) is 3.72. The van der Waals surface area contributed by atoms with Gasteiger partial charge in [0, 0.05) is 0 Å². The lowest BCUT2D eigenvalue weighted by Gasteiger charge is -2.14. The van der Waals surface area contributed by atoms with Gasteiger partial charge in [-0.05, 0) is 67.0 Å². The summed E-state index contributed by atoms with van der Waals surface area (Å²) in [6.07, 6.45) is 2.81. The van der Waals surface area contributed by atoms with E-state index in [1.54, 1.807) is 0 Å². The van der Waals surface area contributed by atoms with Crippen molar-refractivity contribution in [2.45, 2.75) is 20.3 Å². The number of nitrogens with zero attached hydrogens (tertiary/aromatic N) is 1. The molecule has 1 aliphatic rings. The van der Waals surface area contributed by atoms with Crippen molar-refractivity contribution in [3.8, 4) is 5.75 Å². The Morgan fingerprint density at radius 2 is 1.76 bits per heavy atom. The van der Waals surface area contributed by atoms with Gasteiger partial charge in [-0.2, -0.15) is 0 Å². The van der Waals surface area contributed by atoms with Gasteiger partial charge in [-0.1, -0.05) is 31.2 Å². The van der Waals surface area contributed by atoms with E-state index in [1.807, 2.05) is 49.4 Å². The van der Waals surface area contributed by atoms with Gasteiger partial charge < -0.3 is 10.1 Å². The van der Waals surface area contributed by atoms with Gasteiger partial charge in [-0.15, -0.1) is 0 Å². The molecule has 0 bridgehead atoms. The van der Waals surface area contributed by atoms with E-state index in [1.165, 1.54) is 10.5 Å². The zero-order valence-corrected chi connectivity index (χ0v) is 15.1. The summed E-state index contributed by atoms with van der Waals surface area (Å²) in [7, 11) is 0. The van der Waals surface area contributed by atoms with E-state index >= 15 is 0 Å². The second kappa shape index (κ2) is 7.49. The number of anilines is 1. The molecule has 0 unspecified atom stereocenters.